The third-order valence-corrected chi connectivity index (χ3v) is 3.97. The van der Waals surface area contributed by atoms with Crippen LogP contribution in [0.25, 0.3) is 5.65 Å². The fourth-order valence-corrected chi connectivity index (χ4v) is 2.93. The third-order valence-electron chi connectivity index (χ3n) is 3.97. The van der Waals surface area contributed by atoms with Gasteiger partial charge in [0.2, 0.25) is 0 Å². The lowest BCUT2D eigenvalue weighted by molar-refractivity contribution is 0.409. The molecule has 0 bridgehead atoms. The number of hydrogen-bond donors (Lipinski definition) is 1. The Morgan fingerprint density at radius 2 is 2.10 bits per heavy atom. The van der Waals surface area contributed by atoms with Gasteiger partial charge in [0, 0.05) is 12.6 Å². The molecule has 0 atom stereocenters. The fourth-order valence-electron chi connectivity index (χ4n) is 2.93. The number of aromatic nitrogens is 5. The SMILES string of the molecule is NCCCN(c1ccc2nnnn2n1)C1CCCCC1. The van der Waals surface area contributed by atoms with E-state index in [-0.39, 0.29) is 0 Å². The Bertz CT molecular complexity index is 546. The van der Waals surface area contributed by atoms with Crippen LogP contribution in [-0.2, 0) is 0 Å². The molecular weight excluding hydrogens is 254 g/mol. The molecular formula is C13H21N7. The van der Waals surface area contributed by atoms with E-state index < -0.39 is 0 Å². The first kappa shape index (κ1) is 13.2. The van der Waals surface area contributed by atoms with Crippen LogP contribution >= 0.6 is 0 Å². The number of tetrazole rings is 1. The van der Waals surface area contributed by atoms with Crippen LogP contribution in [0.5, 0.6) is 0 Å². The number of nitrogens with zero attached hydrogens (tertiary/aromatic N) is 6. The smallest absolute Gasteiger partial charge is 0.200 e. The van der Waals surface area contributed by atoms with Crippen LogP contribution in [-0.4, -0.2) is 44.4 Å². The lowest BCUT2D eigenvalue weighted by Crippen LogP contribution is -2.39. The quantitative estimate of drug-likeness (QED) is 0.876. The molecule has 1 saturated carbocycles. The van der Waals surface area contributed by atoms with Crippen LogP contribution in [0.4, 0.5) is 5.82 Å². The Kier molecular flexibility index (Phi) is 4.05. The van der Waals surface area contributed by atoms with Crippen molar-refractivity contribution in [1.82, 2.24) is 25.3 Å². The fraction of sp³-hybridized carbons (Fsp3) is 0.692. The molecule has 0 aliphatic heterocycles. The van der Waals surface area contributed by atoms with Gasteiger partial charge >= 0.3 is 0 Å². The van der Waals surface area contributed by atoms with Gasteiger partial charge in [-0.25, -0.2) is 0 Å². The zero-order chi connectivity index (χ0) is 13.8. The largest absolute Gasteiger partial charge is 0.352 e. The number of anilines is 1. The minimum absolute atomic E-state index is 0.566. The molecule has 20 heavy (non-hydrogen) atoms. The number of nitrogens with two attached hydrogens (primary N) is 1. The first-order valence-electron chi connectivity index (χ1n) is 7.40. The van der Waals surface area contributed by atoms with Gasteiger partial charge in [0.05, 0.1) is 0 Å². The standard InChI is InChI=1S/C13H21N7/c14-9-4-10-19(11-5-2-1-3-6-11)13-8-7-12-15-17-18-20(12)16-13/h7-8,11H,1-6,9-10,14H2. The van der Waals surface area contributed by atoms with E-state index in [9.17, 15) is 0 Å². The summed E-state index contributed by atoms with van der Waals surface area (Å²) in [5.41, 5.74) is 6.35. The molecule has 2 aromatic rings. The zero-order valence-corrected chi connectivity index (χ0v) is 11.6. The van der Waals surface area contributed by atoms with Gasteiger partial charge in [0.25, 0.3) is 0 Å². The Morgan fingerprint density at radius 3 is 2.90 bits per heavy atom. The topological polar surface area (TPSA) is 85.2 Å². The van der Waals surface area contributed by atoms with Crippen molar-refractivity contribution in [3.63, 3.8) is 0 Å². The first-order valence-corrected chi connectivity index (χ1v) is 7.40. The van der Waals surface area contributed by atoms with E-state index in [0.717, 1.165) is 18.8 Å². The maximum atomic E-state index is 5.67. The van der Waals surface area contributed by atoms with Gasteiger partial charge in [0.1, 0.15) is 0 Å². The zero-order valence-electron chi connectivity index (χ0n) is 11.6. The maximum Gasteiger partial charge on any atom is 0.200 e. The predicted octanol–water partition coefficient (Wildman–Crippen LogP) is 1.01. The Hall–Kier alpha value is -1.76. The molecule has 0 saturated heterocycles. The summed E-state index contributed by atoms with van der Waals surface area (Å²) in [5, 5.41) is 15.9. The average molecular weight is 275 g/mol. The molecule has 2 heterocycles. The summed E-state index contributed by atoms with van der Waals surface area (Å²) in [5.74, 6) is 0.949. The van der Waals surface area contributed by atoms with Crippen LogP contribution in [0.1, 0.15) is 38.5 Å². The summed E-state index contributed by atoms with van der Waals surface area (Å²) in [4.78, 5) is 2.38. The highest BCUT2D eigenvalue weighted by Gasteiger charge is 2.22. The van der Waals surface area contributed by atoms with Gasteiger partial charge in [-0.05, 0) is 48.4 Å². The Morgan fingerprint density at radius 1 is 1.25 bits per heavy atom. The molecule has 3 rings (SSSR count). The minimum Gasteiger partial charge on any atom is -0.352 e. The van der Waals surface area contributed by atoms with Crippen LogP contribution in [0.15, 0.2) is 12.1 Å². The molecule has 0 unspecified atom stereocenters. The second-order valence-corrected chi connectivity index (χ2v) is 5.35. The van der Waals surface area contributed by atoms with E-state index in [1.165, 1.54) is 36.7 Å². The van der Waals surface area contributed by atoms with Gasteiger partial charge in [0.15, 0.2) is 11.5 Å². The summed E-state index contributed by atoms with van der Waals surface area (Å²) in [6.07, 6.45) is 7.40. The van der Waals surface area contributed by atoms with E-state index in [2.05, 4.69) is 25.5 Å². The van der Waals surface area contributed by atoms with Crippen molar-refractivity contribution >= 4 is 11.5 Å². The van der Waals surface area contributed by atoms with E-state index >= 15 is 0 Å². The number of rotatable bonds is 5. The van der Waals surface area contributed by atoms with Crippen LogP contribution < -0.4 is 10.6 Å². The van der Waals surface area contributed by atoms with Crippen molar-refractivity contribution in [2.75, 3.05) is 18.0 Å². The number of hydrogen-bond acceptors (Lipinski definition) is 6. The Labute approximate surface area is 118 Å². The third kappa shape index (κ3) is 2.72. The molecule has 0 spiro atoms. The molecule has 0 aromatic carbocycles. The molecule has 1 fully saturated rings. The molecule has 1 aliphatic rings. The second-order valence-electron chi connectivity index (χ2n) is 5.35. The highest BCUT2D eigenvalue weighted by atomic mass is 15.6. The van der Waals surface area contributed by atoms with E-state index in [0.29, 0.717) is 18.2 Å². The summed E-state index contributed by atoms with van der Waals surface area (Å²) in [7, 11) is 0. The summed E-state index contributed by atoms with van der Waals surface area (Å²) >= 11 is 0. The lowest BCUT2D eigenvalue weighted by atomic mass is 9.94. The van der Waals surface area contributed by atoms with Crippen molar-refractivity contribution in [3.05, 3.63) is 12.1 Å². The first-order chi connectivity index (χ1) is 9.88. The van der Waals surface area contributed by atoms with Crippen LogP contribution in [0.3, 0.4) is 0 Å². The van der Waals surface area contributed by atoms with Crippen molar-refractivity contribution in [1.29, 1.82) is 0 Å². The molecule has 108 valence electrons. The minimum atomic E-state index is 0.566. The van der Waals surface area contributed by atoms with Crippen LogP contribution in [0, 0.1) is 0 Å². The highest BCUT2D eigenvalue weighted by molar-refractivity contribution is 5.45. The van der Waals surface area contributed by atoms with Gasteiger partial charge in [-0.3, -0.25) is 0 Å². The van der Waals surface area contributed by atoms with Crippen LogP contribution in [0.2, 0.25) is 0 Å². The van der Waals surface area contributed by atoms with E-state index in [4.69, 9.17) is 5.73 Å². The summed E-state index contributed by atoms with van der Waals surface area (Å²) in [6, 6.07) is 4.49. The summed E-state index contributed by atoms with van der Waals surface area (Å²) in [6.45, 7) is 1.65. The molecule has 0 amide bonds. The highest BCUT2D eigenvalue weighted by Crippen LogP contribution is 2.26. The van der Waals surface area contributed by atoms with Crippen molar-refractivity contribution in [2.45, 2.75) is 44.6 Å². The second kappa shape index (κ2) is 6.13. The molecule has 2 N–H and O–H groups in total. The maximum absolute atomic E-state index is 5.67. The number of fused-ring (bicyclic) bond motifs is 1. The summed E-state index contributed by atoms with van der Waals surface area (Å²) < 4.78 is 1.49. The van der Waals surface area contributed by atoms with Crippen molar-refractivity contribution in [2.24, 2.45) is 5.73 Å². The monoisotopic (exact) mass is 275 g/mol. The normalized spacial score (nSPS) is 16.6. The molecule has 7 nitrogen and oxygen atoms in total. The average Bonchev–Trinajstić information content (AvgIpc) is 2.96. The predicted molar refractivity (Wildman–Crippen MR) is 76.5 cm³/mol. The van der Waals surface area contributed by atoms with Crippen molar-refractivity contribution < 1.29 is 0 Å². The molecule has 1 aliphatic carbocycles. The van der Waals surface area contributed by atoms with Gasteiger partial charge in [-0.2, -0.15) is 0 Å². The van der Waals surface area contributed by atoms with Crippen molar-refractivity contribution in [3.8, 4) is 0 Å². The van der Waals surface area contributed by atoms with Gasteiger partial charge in [-0.15, -0.1) is 14.8 Å². The van der Waals surface area contributed by atoms with E-state index in [1.807, 2.05) is 12.1 Å². The van der Waals surface area contributed by atoms with E-state index in [1.54, 1.807) is 0 Å². The van der Waals surface area contributed by atoms with Gasteiger partial charge in [-0.1, -0.05) is 19.3 Å². The molecule has 0 radical (unpaired) electrons. The lowest BCUT2D eigenvalue weighted by Gasteiger charge is -2.35. The van der Waals surface area contributed by atoms with Gasteiger partial charge < -0.3 is 10.6 Å². The molecule has 7 heteroatoms. The molecule has 2 aromatic heterocycles. The Balaban J connectivity index is 1.85.